The van der Waals surface area contributed by atoms with Gasteiger partial charge >= 0.3 is 12.0 Å². The van der Waals surface area contributed by atoms with Gasteiger partial charge in [0.2, 0.25) is 0 Å². The number of carbonyl (C=O) groups excluding carboxylic acids is 1. The molecule has 3 N–H and O–H groups in total. The van der Waals surface area contributed by atoms with E-state index in [0.717, 1.165) is 0 Å². The van der Waals surface area contributed by atoms with Crippen LogP contribution in [0, 0.1) is 10.8 Å². The van der Waals surface area contributed by atoms with E-state index in [9.17, 15) is 9.59 Å². The molecule has 5 heteroatoms. The number of aliphatic carboxylic acids is 1. The number of rotatable bonds is 3. The first-order valence-electron chi connectivity index (χ1n) is 6.15. The smallest absolute Gasteiger partial charge is 0.326 e. The van der Waals surface area contributed by atoms with Gasteiger partial charge in [-0.2, -0.15) is 0 Å². The van der Waals surface area contributed by atoms with E-state index in [1.165, 1.54) is 0 Å². The summed E-state index contributed by atoms with van der Waals surface area (Å²) in [6.45, 7) is 13.3. The van der Waals surface area contributed by atoms with Gasteiger partial charge in [0.1, 0.15) is 6.04 Å². The summed E-state index contributed by atoms with van der Waals surface area (Å²) in [5, 5.41) is 14.4. The van der Waals surface area contributed by atoms with Gasteiger partial charge < -0.3 is 15.7 Å². The highest BCUT2D eigenvalue weighted by molar-refractivity contribution is 5.83. The van der Waals surface area contributed by atoms with Crippen molar-refractivity contribution in [3.05, 3.63) is 0 Å². The summed E-state index contributed by atoms with van der Waals surface area (Å²) in [6.07, 6.45) is 0. The van der Waals surface area contributed by atoms with Gasteiger partial charge in [0.25, 0.3) is 0 Å². The van der Waals surface area contributed by atoms with Crippen molar-refractivity contribution < 1.29 is 14.7 Å². The van der Waals surface area contributed by atoms with Crippen molar-refractivity contribution in [3.8, 4) is 0 Å². The number of hydrogen-bond acceptors (Lipinski definition) is 2. The topological polar surface area (TPSA) is 78.4 Å². The lowest BCUT2D eigenvalue weighted by molar-refractivity contribution is -0.141. The molecule has 18 heavy (non-hydrogen) atoms. The Morgan fingerprint density at radius 3 is 1.67 bits per heavy atom. The number of urea groups is 1. The first-order chi connectivity index (χ1) is 7.85. The fourth-order valence-electron chi connectivity index (χ4n) is 1.23. The van der Waals surface area contributed by atoms with Gasteiger partial charge in [-0.05, 0) is 17.8 Å². The van der Waals surface area contributed by atoms with Gasteiger partial charge in [0.15, 0.2) is 0 Å². The van der Waals surface area contributed by atoms with Crippen LogP contribution in [-0.4, -0.2) is 29.2 Å². The van der Waals surface area contributed by atoms with E-state index >= 15 is 0 Å². The first kappa shape index (κ1) is 16.7. The van der Waals surface area contributed by atoms with Crippen molar-refractivity contribution in [2.75, 3.05) is 0 Å². The Kier molecular flexibility index (Phi) is 5.20. The van der Waals surface area contributed by atoms with Gasteiger partial charge in [-0.3, -0.25) is 0 Å². The second-order valence-electron chi connectivity index (χ2n) is 6.84. The van der Waals surface area contributed by atoms with Crippen molar-refractivity contribution in [2.24, 2.45) is 10.8 Å². The molecule has 0 aromatic rings. The van der Waals surface area contributed by atoms with Crippen LogP contribution < -0.4 is 10.6 Å². The highest BCUT2D eigenvalue weighted by Crippen LogP contribution is 2.20. The summed E-state index contributed by atoms with van der Waals surface area (Å²) in [7, 11) is 0. The van der Waals surface area contributed by atoms with Crippen LogP contribution in [0.25, 0.3) is 0 Å². The molecule has 0 bridgehead atoms. The molecule has 106 valence electrons. The zero-order valence-corrected chi connectivity index (χ0v) is 12.4. The van der Waals surface area contributed by atoms with E-state index in [-0.39, 0.29) is 11.5 Å². The molecule has 2 amide bonds. The van der Waals surface area contributed by atoms with Gasteiger partial charge in [-0.25, -0.2) is 9.59 Å². The van der Waals surface area contributed by atoms with Crippen LogP contribution in [0.4, 0.5) is 4.79 Å². The minimum atomic E-state index is -1.03. The van der Waals surface area contributed by atoms with Crippen molar-refractivity contribution in [1.29, 1.82) is 0 Å². The highest BCUT2D eigenvalue weighted by Gasteiger charge is 2.33. The van der Waals surface area contributed by atoms with E-state index in [1.54, 1.807) is 20.8 Å². The van der Waals surface area contributed by atoms with Crippen molar-refractivity contribution in [3.63, 3.8) is 0 Å². The third-order valence-corrected chi connectivity index (χ3v) is 3.04. The third kappa shape index (κ3) is 5.38. The minimum Gasteiger partial charge on any atom is -0.480 e. The molecule has 0 rings (SSSR count). The molecule has 0 fully saturated rings. The van der Waals surface area contributed by atoms with Crippen molar-refractivity contribution >= 4 is 12.0 Å². The number of carboxylic acids is 1. The van der Waals surface area contributed by atoms with Crippen LogP contribution in [0.2, 0.25) is 0 Å². The molecule has 5 nitrogen and oxygen atoms in total. The number of nitrogens with one attached hydrogen (secondary N) is 2. The maximum atomic E-state index is 11.8. The monoisotopic (exact) mass is 258 g/mol. The van der Waals surface area contributed by atoms with Crippen LogP contribution in [0.1, 0.15) is 48.5 Å². The standard InChI is InChI=1S/C13H26N2O3/c1-8(12(2,3)4)14-11(18)15-9(10(16)17)13(5,6)7/h8-9H,1-7H3,(H,16,17)(H2,14,15,18). The molecule has 0 radical (unpaired) electrons. The van der Waals surface area contributed by atoms with Crippen LogP contribution in [0.15, 0.2) is 0 Å². The van der Waals surface area contributed by atoms with Crippen LogP contribution in [0.3, 0.4) is 0 Å². The van der Waals surface area contributed by atoms with E-state index in [0.29, 0.717) is 0 Å². The predicted octanol–water partition coefficient (Wildman–Crippen LogP) is 2.22. The largest absolute Gasteiger partial charge is 0.480 e. The quantitative estimate of drug-likeness (QED) is 0.726. The first-order valence-corrected chi connectivity index (χ1v) is 6.15. The van der Waals surface area contributed by atoms with Gasteiger partial charge in [0, 0.05) is 6.04 Å². The summed E-state index contributed by atoms with van der Waals surface area (Å²) < 4.78 is 0. The molecule has 0 aliphatic heterocycles. The average molecular weight is 258 g/mol. The van der Waals surface area contributed by atoms with Crippen molar-refractivity contribution in [2.45, 2.75) is 60.5 Å². The molecule has 0 aromatic heterocycles. The molecular formula is C13H26N2O3. The lowest BCUT2D eigenvalue weighted by atomic mass is 9.86. The SMILES string of the molecule is CC(NC(=O)NC(C(=O)O)C(C)(C)C)C(C)(C)C. The molecular weight excluding hydrogens is 232 g/mol. The zero-order valence-electron chi connectivity index (χ0n) is 12.4. The van der Waals surface area contributed by atoms with E-state index in [2.05, 4.69) is 10.6 Å². The van der Waals surface area contributed by atoms with Crippen LogP contribution in [0.5, 0.6) is 0 Å². The average Bonchev–Trinajstić information content (AvgIpc) is 2.10. The Labute approximate surface area is 109 Å². The summed E-state index contributed by atoms with van der Waals surface area (Å²) in [5.74, 6) is -1.03. The van der Waals surface area contributed by atoms with E-state index < -0.39 is 23.5 Å². The molecule has 0 spiro atoms. The Balaban J connectivity index is 4.60. The fourth-order valence-corrected chi connectivity index (χ4v) is 1.23. The molecule has 0 saturated carbocycles. The zero-order chi connectivity index (χ0) is 14.7. The number of hydrogen-bond donors (Lipinski definition) is 3. The fraction of sp³-hybridized carbons (Fsp3) is 0.846. The molecule has 0 aliphatic rings. The highest BCUT2D eigenvalue weighted by atomic mass is 16.4. The second kappa shape index (κ2) is 5.59. The number of amides is 2. The normalized spacial score (nSPS) is 15.7. The Morgan fingerprint density at radius 2 is 1.39 bits per heavy atom. The molecule has 0 aromatic carbocycles. The Bertz CT molecular complexity index is 313. The summed E-state index contributed by atoms with van der Waals surface area (Å²) in [4.78, 5) is 22.9. The lowest BCUT2D eigenvalue weighted by Crippen LogP contribution is -2.55. The Morgan fingerprint density at radius 1 is 0.944 bits per heavy atom. The molecule has 2 atom stereocenters. The number of carboxylic acid groups (broad SMARTS) is 1. The maximum absolute atomic E-state index is 11.8. The maximum Gasteiger partial charge on any atom is 0.326 e. The minimum absolute atomic E-state index is 0.0492. The van der Waals surface area contributed by atoms with Gasteiger partial charge in [-0.15, -0.1) is 0 Å². The molecule has 2 unspecified atom stereocenters. The predicted molar refractivity (Wildman–Crippen MR) is 71.5 cm³/mol. The summed E-state index contributed by atoms with van der Waals surface area (Å²) in [5.41, 5.74) is -0.605. The van der Waals surface area contributed by atoms with Gasteiger partial charge in [-0.1, -0.05) is 41.5 Å². The van der Waals surface area contributed by atoms with Gasteiger partial charge in [0.05, 0.1) is 0 Å². The molecule has 0 aliphatic carbocycles. The molecule has 0 saturated heterocycles. The van der Waals surface area contributed by atoms with Crippen molar-refractivity contribution in [1.82, 2.24) is 10.6 Å². The van der Waals surface area contributed by atoms with Crippen LogP contribution in [-0.2, 0) is 4.79 Å². The molecule has 0 heterocycles. The lowest BCUT2D eigenvalue weighted by Gasteiger charge is -2.31. The number of carbonyl (C=O) groups is 2. The van der Waals surface area contributed by atoms with Crippen LogP contribution >= 0.6 is 0 Å². The Hall–Kier alpha value is -1.26. The van der Waals surface area contributed by atoms with E-state index in [4.69, 9.17) is 5.11 Å². The second-order valence-corrected chi connectivity index (χ2v) is 6.84. The third-order valence-electron chi connectivity index (χ3n) is 3.04. The summed E-state index contributed by atoms with van der Waals surface area (Å²) >= 11 is 0. The van der Waals surface area contributed by atoms with E-state index in [1.807, 2.05) is 27.7 Å². The summed E-state index contributed by atoms with van der Waals surface area (Å²) in [6, 6.07) is -1.41.